The minimum Gasteiger partial charge on any atom is -0.390 e. The van der Waals surface area contributed by atoms with Gasteiger partial charge in [0, 0.05) is 38.8 Å². The highest BCUT2D eigenvalue weighted by Gasteiger charge is 2.44. The molecule has 3 aliphatic rings. The third-order valence-electron chi connectivity index (χ3n) is 5.67. The molecule has 1 spiro atoms. The Morgan fingerprint density at radius 2 is 1.73 bits per heavy atom. The second kappa shape index (κ2) is 6.36. The summed E-state index contributed by atoms with van der Waals surface area (Å²) in [6, 6.07) is 0.469. The molecule has 0 radical (unpaired) electrons. The van der Waals surface area contributed by atoms with Crippen molar-refractivity contribution in [3.05, 3.63) is 0 Å². The van der Waals surface area contributed by atoms with Crippen LogP contribution in [0.3, 0.4) is 0 Å². The van der Waals surface area contributed by atoms with Gasteiger partial charge in [0.15, 0.2) is 0 Å². The first kappa shape index (κ1) is 16.6. The van der Waals surface area contributed by atoms with Crippen molar-refractivity contribution >= 4 is 10.0 Å². The number of aliphatic hydroxyl groups is 1. The van der Waals surface area contributed by atoms with Crippen LogP contribution in [0.4, 0.5) is 0 Å². The highest BCUT2D eigenvalue weighted by Crippen LogP contribution is 2.36. The minimum absolute atomic E-state index is 0.317. The third kappa shape index (κ3) is 3.33. The molecule has 1 N–H and O–H groups in total. The van der Waals surface area contributed by atoms with Crippen LogP contribution in [0.25, 0.3) is 0 Å². The van der Waals surface area contributed by atoms with E-state index in [1.165, 1.54) is 6.26 Å². The molecule has 3 aliphatic heterocycles. The van der Waals surface area contributed by atoms with Gasteiger partial charge in [0.05, 0.1) is 18.0 Å². The minimum atomic E-state index is -3.05. The van der Waals surface area contributed by atoms with Crippen molar-refractivity contribution in [2.75, 3.05) is 39.0 Å². The molecule has 1 atom stereocenters. The van der Waals surface area contributed by atoms with Crippen molar-refractivity contribution in [2.45, 2.75) is 56.3 Å². The van der Waals surface area contributed by atoms with Gasteiger partial charge in [-0.3, -0.25) is 0 Å². The van der Waals surface area contributed by atoms with Crippen LogP contribution >= 0.6 is 0 Å². The Morgan fingerprint density at radius 3 is 2.27 bits per heavy atom. The second-order valence-corrected chi connectivity index (χ2v) is 8.98. The number of piperidine rings is 2. The predicted octanol–water partition coefficient (Wildman–Crippen LogP) is 0.416. The molecule has 0 bridgehead atoms. The highest BCUT2D eigenvalue weighted by atomic mass is 32.2. The zero-order valence-corrected chi connectivity index (χ0v) is 14.2. The van der Waals surface area contributed by atoms with E-state index in [1.54, 1.807) is 4.31 Å². The summed E-state index contributed by atoms with van der Waals surface area (Å²) in [5.74, 6) is 0. The van der Waals surface area contributed by atoms with Crippen molar-refractivity contribution in [3.63, 3.8) is 0 Å². The number of rotatable bonds is 2. The van der Waals surface area contributed by atoms with Crippen LogP contribution in [-0.2, 0) is 14.8 Å². The van der Waals surface area contributed by atoms with Gasteiger partial charge < -0.3 is 14.7 Å². The van der Waals surface area contributed by atoms with Gasteiger partial charge in [-0.15, -0.1) is 0 Å². The first-order valence-corrected chi connectivity index (χ1v) is 10.3. The monoisotopic (exact) mass is 332 g/mol. The molecule has 0 amide bonds. The van der Waals surface area contributed by atoms with Gasteiger partial charge in [-0.05, 0) is 38.5 Å². The lowest BCUT2D eigenvalue weighted by Gasteiger charge is -2.49. The molecule has 3 rings (SSSR count). The maximum absolute atomic E-state index is 11.6. The zero-order valence-electron chi connectivity index (χ0n) is 13.4. The van der Waals surface area contributed by atoms with Crippen molar-refractivity contribution in [2.24, 2.45) is 0 Å². The van der Waals surface area contributed by atoms with E-state index in [1.807, 2.05) is 0 Å². The predicted molar refractivity (Wildman–Crippen MR) is 84.2 cm³/mol. The normalized spacial score (nSPS) is 32.4. The summed E-state index contributed by atoms with van der Waals surface area (Å²) in [5, 5.41) is 10.3. The Bertz CT molecular complexity index is 480. The largest absolute Gasteiger partial charge is 0.390 e. The zero-order chi connectivity index (χ0) is 15.8. The average Bonchev–Trinajstić information content (AvgIpc) is 2.51. The van der Waals surface area contributed by atoms with Gasteiger partial charge in [-0.25, -0.2) is 12.7 Å². The third-order valence-corrected chi connectivity index (χ3v) is 6.98. The molecule has 0 aromatic carbocycles. The Hall–Kier alpha value is -0.210. The number of sulfonamides is 1. The Kier molecular flexibility index (Phi) is 4.81. The molecule has 22 heavy (non-hydrogen) atoms. The fourth-order valence-electron chi connectivity index (χ4n) is 4.20. The summed E-state index contributed by atoms with van der Waals surface area (Å²) in [7, 11) is -3.05. The Morgan fingerprint density at radius 1 is 1.09 bits per heavy atom. The smallest absolute Gasteiger partial charge is 0.211 e. The quantitative estimate of drug-likeness (QED) is 0.793. The van der Waals surface area contributed by atoms with Crippen molar-refractivity contribution in [3.8, 4) is 0 Å². The summed E-state index contributed by atoms with van der Waals surface area (Å²) >= 11 is 0. The highest BCUT2D eigenvalue weighted by molar-refractivity contribution is 7.88. The lowest BCUT2D eigenvalue weighted by Crippen LogP contribution is -2.57. The van der Waals surface area contributed by atoms with Gasteiger partial charge in [-0.2, -0.15) is 0 Å². The molecular weight excluding hydrogens is 304 g/mol. The van der Waals surface area contributed by atoms with E-state index in [0.29, 0.717) is 19.1 Å². The summed E-state index contributed by atoms with van der Waals surface area (Å²) < 4.78 is 30.7. The lowest BCUT2D eigenvalue weighted by atomic mass is 9.81. The second-order valence-electron chi connectivity index (χ2n) is 7.00. The molecule has 7 heteroatoms. The van der Waals surface area contributed by atoms with Crippen LogP contribution in [0.15, 0.2) is 0 Å². The van der Waals surface area contributed by atoms with E-state index in [0.717, 1.165) is 58.2 Å². The van der Waals surface area contributed by atoms with E-state index >= 15 is 0 Å². The van der Waals surface area contributed by atoms with Crippen molar-refractivity contribution in [1.82, 2.24) is 9.21 Å². The number of hydrogen-bond donors (Lipinski definition) is 1. The number of aliphatic hydroxyl groups excluding tert-OH is 1. The van der Waals surface area contributed by atoms with Crippen molar-refractivity contribution in [1.29, 1.82) is 0 Å². The Labute approximate surface area is 133 Å². The molecule has 0 aromatic heterocycles. The molecule has 0 aromatic rings. The fraction of sp³-hybridized carbons (Fsp3) is 1.00. The maximum Gasteiger partial charge on any atom is 0.211 e. The number of hydrogen-bond acceptors (Lipinski definition) is 5. The van der Waals surface area contributed by atoms with Crippen molar-refractivity contribution < 1.29 is 18.3 Å². The summed E-state index contributed by atoms with van der Waals surface area (Å²) in [6.07, 6.45) is 6.37. The van der Waals surface area contributed by atoms with Crippen LogP contribution in [0, 0.1) is 0 Å². The standard InChI is InChI=1S/C15H28N2O4S/c1-22(19,20)17-8-4-13(5-9-17)16-10-6-15(7-11-16)14(18)3-2-12-21-15/h13-14,18H,2-12H2,1H3. The van der Waals surface area contributed by atoms with E-state index in [4.69, 9.17) is 4.74 Å². The number of ether oxygens (including phenoxy) is 1. The number of nitrogens with zero attached hydrogens (tertiary/aromatic N) is 2. The summed E-state index contributed by atoms with van der Waals surface area (Å²) in [6.45, 7) is 3.92. The van der Waals surface area contributed by atoms with Crippen LogP contribution < -0.4 is 0 Å². The van der Waals surface area contributed by atoms with Gasteiger partial charge in [0.25, 0.3) is 0 Å². The maximum atomic E-state index is 11.6. The molecule has 6 nitrogen and oxygen atoms in total. The molecule has 128 valence electrons. The van der Waals surface area contributed by atoms with E-state index in [9.17, 15) is 13.5 Å². The van der Waals surface area contributed by atoms with E-state index in [-0.39, 0.29) is 11.7 Å². The van der Waals surface area contributed by atoms with Gasteiger partial charge >= 0.3 is 0 Å². The molecular formula is C15H28N2O4S. The van der Waals surface area contributed by atoms with Gasteiger partial charge in [0.1, 0.15) is 0 Å². The molecule has 1 unspecified atom stereocenters. The first-order chi connectivity index (χ1) is 10.4. The van der Waals surface area contributed by atoms with E-state index < -0.39 is 10.0 Å². The average molecular weight is 332 g/mol. The SMILES string of the molecule is CS(=O)(=O)N1CCC(N2CCC3(CC2)OCCCC3O)CC1. The van der Waals surface area contributed by atoms with Crippen LogP contribution in [0.1, 0.15) is 38.5 Å². The molecule has 3 fully saturated rings. The lowest BCUT2D eigenvalue weighted by molar-refractivity contribution is -0.179. The Balaban J connectivity index is 1.52. The molecule has 0 saturated carbocycles. The fourth-order valence-corrected chi connectivity index (χ4v) is 5.07. The summed E-state index contributed by atoms with van der Waals surface area (Å²) in [4.78, 5) is 2.47. The topological polar surface area (TPSA) is 70.1 Å². The number of likely N-dealkylation sites (tertiary alicyclic amines) is 1. The van der Waals surface area contributed by atoms with Crippen LogP contribution in [0.5, 0.6) is 0 Å². The molecule has 0 aliphatic carbocycles. The van der Waals surface area contributed by atoms with E-state index in [2.05, 4.69) is 4.90 Å². The van der Waals surface area contributed by atoms with Gasteiger partial charge in [0.2, 0.25) is 10.0 Å². The van der Waals surface area contributed by atoms with Gasteiger partial charge in [-0.1, -0.05) is 0 Å². The molecule has 3 saturated heterocycles. The summed E-state index contributed by atoms with van der Waals surface area (Å²) in [5.41, 5.74) is -0.317. The van der Waals surface area contributed by atoms with Crippen LogP contribution in [0.2, 0.25) is 0 Å². The van der Waals surface area contributed by atoms with Crippen LogP contribution in [-0.4, -0.2) is 79.5 Å². The molecule has 3 heterocycles. The first-order valence-electron chi connectivity index (χ1n) is 8.42.